The Labute approximate surface area is 111 Å². The number of benzene rings is 1. The van der Waals surface area contributed by atoms with Crippen LogP contribution in [-0.4, -0.2) is 19.4 Å². The van der Waals surface area contributed by atoms with E-state index in [0.29, 0.717) is 0 Å². The van der Waals surface area contributed by atoms with E-state index in [1.54, 1.807) is 11.3 Å². The third-order valence-electron chi connectivity index (χ3n) is 2.94. The summed E-state index contributed by atoms with van der Waals surface area (Å²) in [5.41, 5.74) is 8.73. The van der Waals surface area contributed by atoms with Crippen LogP contribution in [-0.2, 0) is 6.42 Å². The maximum absolute atomic E-state index is 7.35. The quantitative estimate of drug-likeness (QED) is 0.641. The van der Waals surface area contributed by atoms with Gasteiger partial charge in [-0.15, -0.1) is 0 Å². The van der Waals surface area contributed by atoms with E-state index in [4.69, 9.17) is 11.1 Å². The largest absolute Gasteiger partial charge is 0.384 e. The van der Waals surface area contributed by atoms with E-state index in [1.165, 1.54) is 5.56 Å². The number of rotatable bonds is 5. The van der Waals surface area contributed by atoms with Crippen molar-refractivity contribution in [1.82, 2.24) is 0 Å². The first-order chi connectivity index (χ1) is 8.66. The molecule has 94 valence electrons. The molecule has 0 radical (unpaired) electrons. The van der Waals surface area contributed by atoms with Crippen LogP contribution in [0.15, 0.2) is 41.1 Å². The lowest BCUT2D eigenvalue weighted by atomic mass is 10.1. The Morgan fingerprint density at radius 2 is 2.00 bits per heavy atom. The molecule has 1 aromatic heterocycles. The zero-order chi connectivity index (χ0) is 13.0. The molecule has 0 unspecified atom stereocenters. The molecule has 2 rings (SSSR count). The molecule has 0 saturated carbocycles. The standard InChI is InChI=1S/C14H17N3S/c1-17(8-6-11-7-9-18-10-11)13-4-2-12(3-5-13)14(15)16/h2-5,7,9-10H,6,8H2,1H3,(H3,15,16). The molecule has 0 saturated heterocycles. The number of hydrogen-bond acceptors (Lipinski definition) is 3. The molecule has 0 bridgehead atoms. The molecule has 0 amide bonds. The van der Waals surface area contributed by atoms with Crippen LogP contribution in [0.5, 0.6) is 0 Å². The summed E-state index contributed by atoms with van der Waals surface area (Å²) < 4.78 is 0. The van der Waals surface area contributed by atoms with E-state index >= 15 is 0 Å². The lowest BCUT2D eigenvalue weighted by Crippen LogP contribution is -2.20. The first kappa shape index (κ1) is 12.6. The number of nitrogens with one attached hydrogen (secondary N) is 1. The zero-order valence-corrected chi connectivity index (χ0v) is 11.2. The molecule has 2 aromatic rings. The average Bonchev–Trinajstić information content (AvgIpc) is 2.89. The summed E-state index contributed by atoms with van der Waals surface area (Å²) >= 11 is 1.74. The van der Waals surface area contributed by atoms with E-state index in [0.717, 1.165) is 24.2 Å². The van der Waals surface area contributed by atoms with Gasteiger partial charge in [0.05, 0.1) is 0 Å². The highest BCUT2D eigenvalue weighted by Crippen LogP contribution is 2.15. The highest BCUT2D eigenvalue weighted by molar-refractivity contribution is 7.07. The van der Waals surface area contributed by atoms with Crippen LogP contribution in [0.25, 0.3) is 0 Å². The number of likely N-dealkylation sites (N-methyl/N-ethyl adjacent to an activating group) is 1. The Balaban J connectivity index is 1.96. The van der Waals surface area contributed by atoms with Crippen molar-refractivity contribution in [2.24, 2.45) is 5.73 Å². The summed E-state index contributed by atoms with van der Waals surface area (Å²) in [6.07, 6.45) is 1.05. The van der Waals surface area contributed by atoms with Crippen LogP contribution in [0.1, 0.15) is 11.1 Å². The Kier molecular flexibility index (Phi) is 3.99. The van der Waals surface area contributed by atoms with Gasteiger partial charge in [-0.25, -0.2) is 0 Å². The molecule has 4 heteroatoms. The molecule has 0 spiro atoms. The monoisotopic (exact) mass is 259 g/mol. The number of nitrogens with two attached hydrogens (primary N) is 1. The van der Waals surface area contributed by atoms with E-state index in [-0.39, 0.29) is 5.84 Å². The minimum atomic E-state index is 0.113. The summed E-state index contributed by atoms with van der Waals surface area (Å²) in [6.45, 7) is 0.982. The van der Waals surface area contributed by atoms with Crippen molar-refractivity contribution in [2.45, 2.75) is 6.42 Å². The summed E-state index contributed by atoms with van der Waals surface area (Å²) in [7, 11) is 2.08. The molecular formula is C14H17N3S. The molecule has 0 fully saturated rings. The van der Waals surface area contributed by atoms with Crippen molar-refractivity contribution in [2.75, 3.05) is 18.5 Å². The first-order valence-corrected chi connectivity index (χ1v) is 6.78. The van der Waals surface area contributed by atoms with E-state index < -0.39 is 0 Å². The van der Waals surface area contributed by atoms with Crippen LogP contribution in [0.2, 0.25) is 0 Å². The van der Waals surface area contributed by atoms with Gasteiger partial charge in [0, 0.05) is 24.8 Å². The van der Waals surface area contributed by atoms with Gasteiger partial charge in [0.25, 0.3) is 0 Å². The van der Waals surface area contributed by atoms with Crippen LogP contribution in [0, 0.1) is 5.41 Å². The zero-order valence-electron chi connectivity index (χ0n) is 10.4. The maximum atomic E-state index is 7.35. The van der Waals surface area contributed by atoms with Crippen molar-refractivity contribution < 1.29 is 0 Å². The predicted molar refractivity (Wildman–Crippen MR) is 78.8 cm³/mol. The summed E-state index contributed by atoms with van der Waals surface area (Å²) in [5.74, 6) is 0.113. The molecule has 0 atom stereocenters. The summed E-state index contributed by atoms with van der Waals surface area (Å²) in [4.78, 5) is 2.21. The van der Waals surface area contributed by atoms with E-state index in [1.807, 2.05) is 24.3 Å². The second kappa shape index (κ2) is 5.69. The SMILES string of the molecule is CN(CCc1ccsc1)c1ccc(C(=N)N)cc1. The highest BCUT2D eigenvalue weighted by atomic mass is 32.1. The van der Waals surface area contributed by atoms with Gasteiger partial charge in [0.2, 0.25) is 0 Å². The molecule has 18 heavy (non-hydrogen) atoms. The van der Waals surface area contributed by atoms with Gasteiger partial charge in [-0.2, -0.15) is 11.3 Å². The van der Waals surface area contributed by atoms with Gasteiger partial charge in [-0.1, -0.05) is 0 Å². The number of hydrogen-bond donors (Lipinski definition) is 2. The second-order valence-electron chi connectivity index (χ2n) is 4.26. The molecule has 3 nitrogen and oxygen atoms in total. The lowest BCUT2D eigenvalue weighted by molar-refractivity contribution is 0.879. The minimum Gasteiger partial charge on any atom is -0.384 e. The second-order valence-corrected chi connectivity index (χ2v) is 5.04. The Morgan fingerprint density at radius 3 is 2.56 bits per heavy atom. The first-order valence-electron chi connectivity index (χ1n) is 5.83. The lowest BCUT2D eigenvalue weighted by Gasteiger charge is -2.19. The number of nitrogen functional groups attached to an aromatic ring is 1. The van der Waals surface area contributed by atoms with E-state index in [9.17, 15) is 0 Å². The molecule has 1 heterocycles. The minimum absolute atomic E-state index is 0.113. The average molecular weight is 259 g/mol. The fourth-order valence-corrected chi connectivity index (χ4v) is 2.46. The molecule has 3 N–H and O–H groups in total. The molecule has 0 aliphatic carbocycles. The number of thiophene rings is 1. The van der Waals surface area contributed by atoms with E-state index in [2.05, 4.69) is 28.8 Å². The van der Waals surface area contributed by atoms with Crippen molar-refractivity contribution >= 4 is 22.9 Å². The molecule has 0 aliphatic heterocycles. The maximum Gasteiger partial charge on any atom is 0.122 e. The van der Waals surface area contributed by atoms with Crippen molar-refractivity contribution in [1.29, 1.82) is 5.41 Å². The molecular weight excluding hydrogens is 242 g/mol. The molecule has 1 aromatic carbocycles. The smallest absolute Gasteiger partial charge is 0.122 e. The Hall–Kier alpha value is -1.81. The summed E-state index contributed by atoms with van der Waals surface area (Å²) in [5, 5.41) is 11.6. The van der Waals surface area contributed by atoms with Crippen molar-refractivity contribution in [3.05, 3.63) is 52.2 Å². The summed E-state index contributed by atoms with van der Waals surface area (Å²) in [6, 6.07) is 9.95. The fraction of sp³-hybridized carbons (Fsp3) is 0.214. The Morgan fingerprint density at radius 1 is 1.28 bits per heavy atom. The van der Waals surface area contributed by atoms with Gasteiger partial charge in [-0.3, -0.25) is 5.41 Å². The van der Waals surface area contributed by atoms with Crippen LogP contribution in [0.4, 0.5) is 5.69 Å². The van der Waals surface area contributed by atoms with Crippen LogP contribution >= 0.6 is 11.3 Å². The third kappa shape index (κ3) is 3.11. The topological polar surface area (TPSA) is 53.1 Å². The van der Waals surface area contributed by atoms with Gasteiger partial charge < -0.3 is 10.6 Å². The number of anilines is 1. The van der Waals surface area contributed by atoms with Gasteiger partial charge >= 0.3 is 0 Å². The van der Waals surface area contributed by atoms with Crippen LogP contribution in [0.3, 0.4) is 0 Å². The van der Waals surface area contributed by atoms with Crippen LogP contribution < -0.4 is 10.6 Å². The highest BCUT2D eigenvalue weighted by Gasteiger charge is 2.03. The number of amidine groups is 1. The van der Waals surface area contributed by atoms with Crippen molar-refractivity contribution in [3.63, 3.8) is 0 Å². The van der Waals surface area contributed by atoms with Gasteiger partial charge in [0.15, 0.2) is 0 Å². The fourth-order valence-electron chi connectivity index (χ4n) is 1.76. The normalized spacial score (nSPS) is 10.3. The number of nitrogens with zero attached hydrogens (tertiary/aromatic N) is 1. The van der Waals surface area contributed by atoms with Gasteiger partial charge in [-0.05, 0) is 53.1 Å². The third-order valence-corrected chi connectivity index (χ3v) is 3.67. The van der Waals surface area contributed by atoms with Gasteiger partial charge in [0.1, 0.15) is 5.84 Å². The van der Waals surface area contributed by atoms with Crippen molar-refractivity contribution in [3.8, 4) is 0 Å². The Bertz CT molecular complexity index is 502. The molecule has 0 aliphatic rings. The predicted octanol–water partition coefficient (Wildman–Crippen LogP) is 2.71.